The monoisotopic (exact) mass is 359 g/mol. The summed E-state index contributed by atoms with van der Waals surface area (Å²) < 4.78 is 11.3. The fourth-order valence-electron chi connectivity index (χ4n) is 1.61. The highest BCUT2D eigenvalue weighted by Gasteiger charge is 2.20. The van der Waals surface area contributed by atoms with Crippen molar-refractivity contribution < 1.29 is 19.4 Å². The average molecular weight is 360 g/mol. The molecule has 0 saturated carbocycles. The van der Waals surface area contributed by atoms with Crippen molar-refractivity contribution in [2.45, 2.75) is 25.4 Å². The zero-order chi connectivity index (χ0) is 15.7. The molecule has 21 heavy (non-hydrogen) atoms. The van der Waals surface area contributed by atoms with Gasteiger partial charge in [-0.3, -0.25) is 4.79 Å². The van der Waals surface area contributed by atoms with Crippen LogP contribution in [-0.2, 0) is 9.53 Å². The van der Waals surface area contributed by atoms with Gasteiger partial charge in [0.05, 0.1) is 18.6 Å². The van der Waals surface area contributed by atoms with Gasteiger partial charge in [-0.15, -0.1) is 0 Å². The number of carbonyl (C=O) groups excluding carboxylic acids is 1. The van der Waals surface area contributed by atoms with E-state index in [1.807, 2.05) is 24.3 Å². The summed E-state index contributed by atoms with van der Waals surface area (Å²) >= 11 is 3.35. The second kappa shape index (κ2) is 9.02. The number of aliphatic hydroxyl groups is 1. The Kier molecular flexibility index (Phi) is 7.71. The number of hydrogen-bond acceptors (Lipinski definition) is 4. The Hall–Kier alpha value is -1.11. The third kappa shape index (κ3) is 8.04. The second-order valence-electron chi connectivity index (χ2n) is 5.07. The molecule has 0 fully saturated rings. The summed E-state index contributed by atoms with van der Waals surface area (Å²) in [5.74, 6) is 0.562. The number of amides is 1. The van der Waals surface area contributed by atoms with Crippen LogP contribution in [-0.4, -0.2) is 43.5 Å². The lowest BCUT2D eigenvalue weighted by Gasteiger charge is -2.23. The fourth-order valence-corrected chi connectivity index (χ4v) is 1.98. The molecule has 0 saturated heterocycles. The van der Waals surface area contributed by atoms with Gasteiger partial charge in [0.25, 0.3) is 0 Å². The van der Waals surface area contributed by atoms with Crippen LogP contribution in [0.25, 0.3) is 0 Å². The number of hydrogen-bond donors (Lipinski definition) is 2. The van der Waals surface area contributed by atoms with Gasteiger partial charge in [0.2, 0.25) is 5.91 Å². The standard InChI is InChI=1S/C15H22BrNO4/c1-15(19,7-9-20-2)11-17-14(18)6-8-21-13-5-3-4-12(16)10-13/h3-5,10,19H,6-9,11H2,1-2H3,(H,17,18). The van der Waals surface area contributed by atoms with Crippen LogP contribution in [0.15, 0.2) is 28.7 Å². The molecule has 0 spiro atoms. The van der Waals surface area contributed by atoms with Crippen molar-refractivity contribution in [1.29, 1.82) is 0 Å². The Morgan fingerprint density at radius 3 is 2.86 bits per heavy atom. The maximum Gasteiger partial charge on any atom is 0.223 e. The minimum absolute atomic E-state index is 0.150. The molecule has 0 aliphatic carbocycles. The molecule has 0 aromatic heterocycles. The van der Waals surface area contributed by atoms with Gasteiger partial charge in [-0.05, 0) is 25.1 Å². The summed E-state index contributed by atoms with van der Waals surface area (Å²) in [5, 5.41) is 12.7. The Balaban J connectivity index is 2.22. The minimum atomic E-state index is -0.961. The van der Waals surface area contributed by atoms with Gasteiger partial charge in [0, 0.05) is 31.2 Å². The van der Waals surface area contributed by atoms with Gasteiger partial charge in [0.15, 0.2) is 0 Å². The van der Waals surface area contributed by atoms with E-state index in [1.54, 1.807) is 14.0 Å². The summed E-state index contributed by atoms with van der Waals surface area (Å²) in [6.07, 6.45) is 0.713. The van der Waals surface area contributed by atoms with Crippen molar-refractivity contribution in [3.8, 4) is 5.75 Å². The molecular weight excluding hydrogens is 338 g/mol. The maximum absolute atomic E-state index is 11.7. The Morgan fingerprint density at radius 2 is 2.19 bits per heavy atom. The van der Waals surface area contributed by atoms with Gasteiger partial charge >= 0.3 is 0 Å². The van der Waals surface area contributed by atoms with E-state index in [0.717, 1.165) is 4.47 Å². The normalized spacial score (nSPS) is 13.5. The first-order valence-corrected chi connectivity index (χ1v) is 7.59. The highest BCUT2D eigenvalue weighted by Crippen LogP contribution is 2.17. The van der Waals surface area contributed by atoms with E-state index in [2.05, 4.69) is 21.2 Å². The van der Waals surface area contributed by atoms with E-state index < -0.39 is 5.60 Å². The zero-order valence-electron chi connectivity index (χ0n) is 12.4. The van der Waals surface area contributed by atoms with Crippen molar-refractivity contribution in [3.63, 3.8) is 0 Å². The summed E-state index contributed by atoms with van der Waals surface area (Å²) in [6, 6.07) is 7.44. The van der Waals surface area contributed by atoms with Gasteiger partial charge in [0.1, 0.15) is 5.75 Å². The highest BCUT2D eigenvalue weighted by molar-refractivity contribution is 9.10. The smallest absolute Gasteiger partial charge is 0.223 e. The lowest BCUT2D eigenvalue weighted by molar-refractivity contribution is -0.122. The molecule has 5 nitrogen and oxygen atoms in total. The number of carbonyl (C=O) groups is 1. The molecule has 0 heterocycles. The summed E-state index contributed by atoms with van der Waals surface area (Å²) in [4.78, 5) is 11.7. The van der Waals surface area contributed by atoms with E-state index in [1.165, 1.54) is 0 Å². The molecule has 1 aromatic carbocycles. The molecule has 0 aliphatic heterocycles. The van der Waals surface area contributed by atoms with E-state index in [0.29, 0.717) is 25.4 Å². The lowest BCUT2D eigenvalue weighted by atomic mass is 10.0. The topological polar surface area (TPSA) is 67.8 Å². The molecule has 1 unspecified atom stereocenters. The zero-order valence-corrected chi connectivity index (χ0v) is 14.0. The quantitative estimate of drug-likeness (QED) is 0.708. The largest absolute Gasteiger partial charge is 0.493 e. The SMILES string of the molecule is COCCC(C)(O)CNC(=O)CCOc1cccc(Br)c1. The fraction of sp³-hybridized carbons (Fsp3) is 0.533. The van der Waals surface area contributed by atoms with E-state index >= 15 is 0 Å². The number of methoxy groups -OCH3 is 1. The molecule has 0 radical (unpaired) electrons. The molecule has 1 atom stereocenters. The van der Waals surface area contributed by atoms with E-state index in [-0.39, 0.29) is 18.9 Å². The lowest BCUT2D eigenvalue weighted by Crippen LogP contribution is -2.41. The first-order valence-electron chi connectivity index (χ1n) is 6.79. The maximum atomic E-state index is 11.7. The van der Waals surface area contributed by atoms with E-state index in [4.69, 9.17) is 9.47 Å². The van der Waals surface area contributed by atoms with Crippen molar-refractivity contribution in [3.05, 3.63) is 28.7 Å². The van der Waals surface area contributed by atoms with Crippen LogP contribution in [0, 0.1) is 0 Å². The van der Waals surface area contributed by atoms with E-state index in [9.17, 15) is 9.90 Å². The molecule has 1 rings (SSSR count). The van der Waals surface area contributed by atoms with Crippen LogP contribution in [0.2, 0.25) is 0 Å². The average Bonchev–Trinajstić information content (AvgIpc) is 2.43. The number of ether oxygens (including phenoxy) is 2. The summed E-state index contributed by atoms with van der Waals surface area (Å²) in [6.45, 7) is 2.62. The van der Waals surface area contributed by atoms with Crippen molar-refractivity contribution in [2.24, 2.45) is 0 Å². The van der Waals surface area contributed by atoms with Crippen molar-refractivity contribution in [2.75, 3.05) is 26.9 Å². The van der Waals surface area contributed by atoms with Crippen LogP contribution in [0.4, 0.5) is 0 Å². The molecule has 1 aromatic rings. The highest BCUT2D eigenvalue weighted by atomic mass is 79.9. The minimum Gasteiger partial charge on any atom is -0.493 e. The number of nitrogens with one attached hydrogen (secondary N) is 1. The molecule has 0 aliphatic rings. The number of rotatable bonds is 9. The van der Waals surface area contributed by atoms with Crippen LogP contribution in [0.1, 0.15) is 19.8 Å². The van der Waals surface area contributed by atoms with Crippen molar-refractivity contribution >= 4 is 21.8 Å². The molecule has 0 bridgehead atoms. The molecule has 118 valence electrons. The predicted molar refractivity (Wildman–Crippen MR) is 84.4 cm³/mol. The Morgan fingerprint density at radius 1 is 1.43 bits per heavy atom. The van der Waals surface area contributed by atoms with Crippen LogP contribution in [0.3, 0.4) is 0 Å². The van der Waals surface area contributed by atoms with Crippen molar-refractivity contribution in [1.82, 2.24) is 5.32 Å². The third-order valence-electron chi connectivity index (χ3n) is 2.91. The van der Waals surface area contributed by atoms with Gasteiger partial charge in [-0.2, -0.15) is 0 Å². The van der Waals surface area contributed by atoms with Gasteiger partial charge in [-0.25, -0.2) is 0 Å². The number of halogens is 1. The molecule has 1 amide bonds. The first kappa shape index (κ1) is 17.9. The van der Waals surface area contributed by atoms with Gasteiger partial charge < -0.3 is 19.9 Å². The third-order valence-corrected chi connectivity index (χ3v) is 3.40. The molecular formula is C15H22BrNO4. The molecule has 2 N–H and O–H groups in total. The summed E-state index contributed by atoms with van der Waals surface area (Å²) in [5.41, 5.74) is -0.961. The molecule has 6 heteroatoms. The van der Waals surface area contributed by atoms with Crippen LogP contribution >= 0.6 is 15.9 Å². The van der Waals surface area contributed by atoms with Crippen LogP contribution in [0.5, 0.6) is 5.75 Å². The van der Waals surface area contributed by atoms with Gasteiger partial charge in [-0.1, -0.05) is 22.0 Å². The second-order valence-corrected chi connectivity index (χ2v) is 5.99. The Bertz CT molecular complexity index is 451. The summed E-state index contributed by atoms with van der Waals surface area (Å²) in [7, 11) is 1.58. The van der Waals surface area contributed by atoms with Crippen LogP contribution < -0.4 is 10.1 Å². The Labute approximate surface area is 133 Å². The number of benzene rings is 1. The predicted octanol–water partition coefficient (Wildman–Crippen LogP) is 2.12. The first-order chi connectivity index (χ1) is 9.93.